The van der Waals surface area contributed by atoms with Crippen LogP contribution in [-0.2, 0) is 4.79 Å². The number of hydrogen-bond acceptors (Lipinski definition) is 2. The maximum Gasteiger partial charge on any atom is 0.266 e. The molecule has 0 saturated carbocycles. The minimum atomic E-state index is -0.401. The van der Waals surface area contributed by atoms with Gasteiger partial charge in [0.15, 0.2) is 0 Å². The molecule has 0 spiro atoms. The number of nitriles is 1. The van der Waals surface area contributed by atoms with Crippen molar-refractivity contribution in [3.63, 3.8) is 0 Å². The quantitative estimate of drug-likeness (QED) is 0.679. The lowest BCUT2D eigenvalue weighted by atomic mass is 10.1. The lowest BCUT2D eigenvalue weighted by molar-refractivity contribution is -0.112. The Morgan fingerprint density at radius 3 is 2.55 bits per heavy atom. The maximum atomic E-state index is 12.1. The maximum absolute atomic E-state index is 12.1. The minimum Gasteiger partial charge on any atom is -0.321 e. The van der Waals surface area contributed by atoms with Crippen molar-refractivity contribution in [3.8, 4) is 6.07 Å². The van der Waals surface area contributed by atoms with Crippen molar-refractivity contribution in [1.82, 2.24) is 0 Å². The van der Waals surface area contributed by atoms with Crippen LogP contribution < -0.4 is 5.32 Å². The highest BCUT2D eigenvalue weighted by atomic mass is 16.1. The van der Waals surface area contributed by atoms with Crippen LogP contribution in [0.25, 0.3) is 6.08 Å². The van der Waals surface area contributed by atoms with Crippen LogP contribution in [0.4, 0.5) is 5.69 Å². The molecular formula is C17H14N2O. The van der Waals surface area contributed by atoms with Gasteiger partial charge in [0, 0.05) is 5.69 Å². The fourth-order valence-electron chi connectivity index (χ4n) is 1.79. The zero-order chi connectivity index (χ0) is 14.4. The molecule has 0 aliphatic heterocycles. The second-order valence-electron chi connectivity index (χ2n) is 4.40. The largest absolute Gasteiger partial charge is 0.321 e. The van der Waals surface area contributed by atoms with E-state index in [1.54, 1.807) is 12.1 Å². The van der Waals surface area contributed by atoms with Gasteiger partial charge in [-0.05, 0) is 36.3 Å². The molecule has 0 aliphatic carbocycles. The molecule has 98 valence electrons. The van der Waals surface area contributed by atoms with Crippen LogP contribution in [0.2, 0.25) is 0 Å². The van der Waals surface area contributed by atoms with Gasteiger partial charge in [-0.2, -0.15) is 5.26 Å². The van der Waals surface area contributed by atoms with Crippen molar-refractivity contribution >= 4 is 17.7 Å². The first-order chi connectivity index (χ1) is 9.69. The van der Waals surface area contributed by atoms with E-state index in [0.717, 1.165) is 11.1 Å². The molecule has 0 aliphatic rings. The average Bonchev–Trinajstić information content (AvgIpc) is 2.45. The molecule has 0 unspecified atom stereocenters. The Kier molecular flexibility index (Phi) is 4.31. The molecule has 0 atom stereocenters. The van der Waals surface area contributed by atoms with Crippen molar-refractivity contribution < 1.29 is 4.79 Å². The van der Waals surface area contributed by atoms with E-state index in [2.05, 4.69) is 5.32 Å². The fraction of sp³-hybridized carbons (Fsp3) is 0.0588. The van der Waals surface area contributed by atoms with Gasteiger partial charge in [0.05, 0.1) is 0 Å². The molecule has 2 aromatic rings. The summed E-state index contributed by atoms with van der Waals surface area (Å²) in [7, 11) is 0. The molecule has 20 heavy (non-hydrogen) atoms. The third-order valence-corrected chi connectivity index (χ3v) is 2.75. The van der Waals surface area contributed by atoms with Crippen molar-refractivity contribution in [2.75, 3.05) is 5.32 Å². The zero-order valence-electron chi connectivity index (χ0n) is 11.1. The van der Waals surface area contributed by atoms with Crippen LogP contribution in [0.3, 0.4) is 0 Å². The van der Waals surface area contributed by atoms with Crippen molar-refractivity contribution in [3.05, 3.63) is 71.3 Å². The summed E-state index contributed by atoms with van der Waals surface area (Å²) in [4.78, 5) is 12.1. The first-order valence-corrected chi connectivity index (χ1v) is 6.24. The molecule has 0 saturated heterocycles. The predicted octanol–water partition coefficient (Wildman–Crippen LogP) is 3.54. The van der Waals surface area contributed by atoms with Gasteiger partial charge in [-0.25, -0.2) is 0 Å². The number of aryl methyl sites for hydroxylation is 1. The summed E-state index contributed by atoms with van der Waals surface area (Å²) in [6.45, 7) is 1.95. The standard InChI is InChI=1S/C17H14N2O/c1-13-6-5-9-16(10-13)19-17(20)15(12-18)11-14-7-3-2-4-8-14/h2-11H,1H3,(H,19,20)/b15-11+. The smallest absolute Gasteiger partial charge is 0.266 e. The van der Waals surface area contributed by atoms with E-state index in [0.29, 0.717) is 5.69 Å². The molecule has 0 heterocycles. The van der Waals surface area contributed by atoms with Crippen molar-refractivity contribution in [2.45, 2.75) is 6.92 Å². The highest BCUT2D eigenvalue weighted by molar-refractivity contribution is 6.09. The van der Waals surface area contributed by atoms with Crippen LogP contribution in [0.1, 0.15) is 11.1 Å². The molecule has 0 aromatic heterocycles. The number of benzene rings is 2. The number of carbonyl (C=O) groups is 1. The van der Waals surface area contributed by atoms with Crippen LogP contribution in [-0.4, -0.2) is 5.91 Å². The van der Waals surface area contributed by atoms with Gasteiger partial charge in [-0.3, -0.25) is 4.79 Å². The Labute approximate surface area is 118 Å². The second-order valence-corrected chi connectivity index (χ2v) is 4.40. The van der Waals surface area contributed by atoms with Crippen LogP contribution >= 0.6 is 0 Å². The van der Waals surface area contributed by atoms with Gasteiger partial charge in [0.2, 0.25) is 0 Å². The summed E-state index contributed by atoms with van der Waals surface area (Å²) in [5.41, 5.74) is 2.64. The Balaban J connectivity index is 2.19. The number of nitrogens with zero attached hydrogens (tertiary/aromatic N) is 1. The molecule has 0 radical (unpaired) electrons. The highest BCUT2D eigenvalue weighted by Gasteiger charge is 2.09. The molecule has 3 nitrogen and oxygen atoms in total. The van der Waals surface area contributed by atoms with Crippen molar-refractivity contribution in [2.24, 2.45) is 0 Å². The lowest BCUT2D eigenvalue weighted by Gasteiger charge is -2.05. The van der Waals surface area contributed by atoms with Gasteiger partial charge in [0.1, 0.15) is 11.6 Å². The molecular weight excluding hydrogens is 248 g/mol. The van der Waals surface area contributed by atoms with Gasteiger partial charge in [-0.1, -0.05) is 42.5 Å². The molecule has 0 fully saturated rings. The van der Waals surface area contributed by atoms with Gasteiger partial charge >= 0.3 is 0 Å². The van der Waals surface area contributed by atoms with E-state index >= 15 is 0 Å². The Hall–Kier alpha value is -2.86. The van der Waals surface area contributed by atoms with E-state index < -0.39 is 5.91 Å². The molecule has 1 amide bonds. The van der Waals surface area contributed by atoms with E-state index in [9.17, 15) is 4.79 Å². The molecule has 0 bridgehead atoms. The number of rotatable bonds is 3. The first-order valence-electron chi connectivity index (χ1n) is 6.24. The summed E-state index contributed by atoms with van der Waals surface area (Å²) in [6, 6.07) is 18.7. The summed E-state index contributed by atoms with van der Waals surface area (Å²) < 4.78 is 0. The van der Waals surface area contributed by atoms with Gasteiger partial charge in [-0.15, -0.1) is 0 Å². The lowest BCUT2D eigenvalue weighted by Crippen LogP contribution is -2.13. The number of anilines is 1. The summed E-state index contributed by atoms with van der Waals surface area (Å²) >= 11 is 0. The first kappa shape index (κ1) is 13.6. The molecule has 2 rings (SSSR count). The number of amides is 1. The predicted molar refractivity (Wildman–Crippen MR) is 79.8 cm³/mol. The third kappa shape index (κ3) is 3.56. The topological polar surface area (TPSA) is 52.9 Å². The fourth-order valence-corrected chi connectivity index (χ4v) is 1.79. The SMILES string of the molecule is Cc1cccc(NC(=O)/C(C#N)=C/c2ccccc2)c1. The summed E-state index contributed by atoms with van der Waals surface area (Å²) in [6.07, 6.45) is 1.57. The highest BCUT2D eigenvalue weighted by Crippen LogP contribution is 2.12. The van der Waals surface area contributed by atoms with E-state index in [4.69, 9.17) is 5.26 Å². The Morgan fingerprint density at radius 1 is 1.15 bits per heavy atom. The molecule has 2 aromatic carbocycles. The van der Waals surface area contributed by atoms with E-state index in [-0.39, 0.29) is 5.57 Å². The monoisotopic (exact) mass is 262 g/mol. The molecule has 1 N–H and O–H groups in total. The minimum absolute atomic E-state index is 0.0812. The van der Waals surface area contributed by atoms with Gasteiger partial charge < -0.3 is 5.32 Å². The Bertz CT molecular complexity index is 682. The van der Waals surface area contributed by atoms with Crippen LogP contribution in [0.15, 0.2) is 60.2 Å². The third-order valence-electron chi connectivity index (χ3n) is 2.75. The normalized spacial score (nSPS) is 10.7. The van der Waals surface area contributed by atoms with Gasteiger partial charge in [0.25, 0.3) is 5.91 Å². The Morgan fingerprint density at radius 2 is 1.90 bits per heavy atom. The number of nitrogens with one attached hydrogen (secondary N) is 1. The van der Waals surface area contributed by atoms with E-state index in [1.807, 2.05) is 61.5 Å². The summed E-state index contributed by atoms with van der Waals surface area (Å²) in [5, 5.41) is 11.8. The number of hydrogen-bond donors (Lipinski definition) is 1. The molecule has 3 heteroatoms. The van der Waals surface area contributed by atoms with Crippen LogP contribution in [0, 0.1) is 18.3 Å². The van der Waals surface area contributed by atoms with Crippen LogP contribution in [0.5, 0.6) is 0 Å². The number of carbonyl (C=O) groups excluding carboxylic acids is 1. The average molecular weight is 262 g/mol. The summed E-state index contributed by atoms with van der Waals surface area (Å²) in [5.74, 6) is -0.401. The zero-order valence-corrected chi connectivity index (χ0v) is 11.1. The van der Waals surface area contributed by atoms with E-state index in [1.165, 1.54) is 0 Å². The van der Waals surface area contributed by atoms with Crippen molar-refractivity contribution in [1.29, 1.82) is 5.26 Å². The second kappa shape index (κ2) is 6.35.